The van der Waals surface area contributed by atoms with E-state index in [-0.39, 0.29) is 58.4 Å². The van der Waals surface area contributed by atoms with Gasteiger partial charge in [-0.2, -0.15) is 0 Å². The molecule has 3 rings (SSSR count). The van der Waals surface area contributed by atoms with Crippen molar-refractivity contribution in [2.24, 2.45) is 11.7 Å². The van der Waals surface area contributed by atoms with E-state index in [2.05, 4.69) is 10.3 Å². The van der Waals surface area contributed by atoms with Crippen molar-refractivity contribution < 1.29 is 32.9 Å². The number of aromatic nitrogens is 2. The number of H-pyrrole nitrogens is 1. The van der Waals surface area contributed by atoms with E-state index in [0.717, 1.165) is 4.57 Å². The fraction of sp³-hybridized carbons (Fsp3) is 0.538. The number of benzene rings is 1. The van der Waals surface area contributed by atoms with Crippen LogP contribution in [0.3, 0.4) is 0 Å². The smallest absolute Gasteiger partial charge is 0.330 e. The van der Waals surface area contributed by atoms with Gasteiger partial charge in [-0.3, -0.25) is 23.9 Å². The Morgan fingerprint density at radius 2 is 1.83 bits per heavy atom. The minimum atomic E-state index is -2.04. The number of hydrogen-bond donors (Lipinski definition) is 3. The lowest BCUT2D eigenvalue weighted by atomic mass is 10.1. The number of carbonyl (C=O) groups excluding carboxylic acids is 2. The Labute approximate surface area is 257 Å². The average Bonchev–Trinajstić information content (AvgIpc) is 3.22. The molecule has 1 aromatic carbocycles. The lowest BCUT2D eigenvalue weighted by Crippen LogP contribution is -2.47. The number of esters is 1. The predicted molar refractivity (Wildman–Crippen MR) is 156 cm³/mol. The summed E-state index contributed by atoms with van der Waals surface area (Å²) in [5.74, 6) is -1.39. The molecule has 234 valence electrons. The molecule has 0 saturated carbocycles. The predicted octanol–water partition coefficient (Wildman–Crippen LogP) is 2.55. The quantitative estimate of drug-likeness (QED) is 0.309. The summed E-state index contributed by atoms with van der Waals surface area (Å²) in [6, 6.07) is 1.78. The van der Waals surface area contributed by atoms with E-state index in [1.807, 2.05) is 0 Å². The van der Waals surface area contributed by atoms with Gasteiger partial charge >= 0.3 is 11.7 Å². The van der Waals surface area contributed by atoms with E-state index in [1.165, 1.54) is 32.4 Å². The summed E-state index contributed by atoms with van der Waals surface area (Å²) in [5.41, 5.74) is 4.58. The van der Waals surface area contributed by atoms with Crippen molar-refractivity contribution in [3.8, 4) is 11.5 Å². The fourth-order valence-electron chi connectivity index (χ4n) is 4.02. The van der Waals surface area contributed by atoms with Crippen molar-refractivity contribution in [1.29, 1.82) is 0 Å². The van der Waals surface area contributed by atoms with Gasteiger partial charge in [0, 0.05) is 24.4 Å². The highest BCUT2D eigenvalue weighted by atomic mass is 35.5. The molecule has 4 N–H and O–H groups in total. The second-order valence-electron chi connectivity index (χ2n) is 9.78. The Hall–Kier alpha value is -2.84. The summed E-state index contributed by atoms with van der Waals surface area (Å²) in [7, 11) is 1.41. The Bertz CT molecular complexity index is 1390. The number of aromatic amines is 1. The number of aryl methyl sites for hydroxylation is 1. The molecule has 0 radical (unpaired) electrons. The first-order chi connectivity index (χ1) is 19.3. The van der Waals surface area contributed by atoms with E-state index in [1.54, 1.807) is 20.8 Å². The fourth-order valence-corrected chi connectivity index (χ4v) is 4.53. The molecule has 1 aliphatic heterocycles. The van der Waals surface area contributed by atoms with Gasteiger partial charge in [0.25, 0.3) is 11.5 Å². The highest BCUT2D eigenvalue weighted by Crippen LogP contribution is 2.36. The van der Waals surface area contributed by atoms with Crippen LogP contribution in [0.2, 0.25) is 10.0 Å². The number of methoxy groups -OCH3 is 1. The number of ether oxygens (including phenoxy) is 4. The maximum absolute atomic E-state index is 15.8. The number of hydrogen-bond acceptors (Lipinski definition) is 9. The van der Waals surface area contributed by atoms with Crippen LogP contribution in [0.4, 0.5) is 4.39 Å². The van der Waals surface area contributed by atoms with Crippen molar-refractivity contribution in [2.45, 2.75) is 70.9 Å². The van der Waals surface area contributed by atoms with Crippen molar-refractivity contribution in [3.63, 3.8) is 0 Å². The van der Waals surface area contributed by atoms with Crippen LogP contribution in [-0.4, -0.2) is 65.6 Å². The van der Waals surface area contributed by atoms with Crippen molar-refractivity contribution >= 4 is 47.5 Å². The maximum Gasteiger partial charge on any atom is 0.330 e. The topological polar surface area (TPSA) is 164 Å². The van der Waals surface area contributed by atoms with Crippen LogP contribution in [0.15, 0.2) is 27.9 Å². The maximum atomic E-state index is 15.8. The molecule has 2 aromatic rings. The number of nitrogens with zero attached hydrogens (tertiary/aromatic N) is 1. The molecule has 0 unspecified atom stereocenters. The number of rotatable bonds is 11. The van der Waals surface area contributed by atoms with Crippen LogP contribution in [-0.2, 0) is 25.5 Å². The van der Waals surface area contributed by atoms with Gasteiger partial charge in [0.1, 0.15) is 23.6 Å². The van der Waals surface area contributed by atoms with Gasteiger partial charge in [-0.25, -0.2) is 9.18 Å². The van der Waals surface area contributed by atoms with Gasteiger partial charge in [-0.15, -0.1) is 12.4 Å². The Morgan fingerprint density at radius 3 is 2.43 bits per heavy atom. The normalized spacial score (nSPS) is 21.3. The number of nitrogens with two attached hydrogens (primary N) is 1. The summed E-state index contributed by atoms with van der Waals surface area (Å²) >= 11 is 12.2. The van der Waals surface area contributed by atoms with Crippen LogP contribution in [0.25, 0.3) is 0 Å². The molecule has 1 aromatic heterocycles. The molecular weight excluding hydrogens is 622 g/mol. The molecule has 1 saturated heterocycles. The minimum Gasteiger partial charge on any atom is -0.495 e. The number of amides is 1. The number of alkyl halides is 1. The monoisotopic (exact) mass is 654 g/mol. The molecule has 1 amide bonds. The summed E-state index contributed by atoms with van der Waals surface area (Å²) in [5, 5.41) is 2.97. The number of nitrogens with one attached hydrogen (secondary N) is 2. The van der Waals surface area contributed by atoms with Crippen molar-refractivity contribution in [1.82, 2.24) is 14.9 Å². The summed E-state index contributed by atoms with van der Waals surface area (Å²) in [4.78, 5) is 52.1. The molecule has 1 fully saturated rings. The highest BCUT2D eigenvalue weighted by Gasteiger charge is 2.49. The van der Waals surface area contributed by atoms with Gasteiger partial charge in [0.15, 0.2) is 24.6 Å². The van der Waals surface area contributed by atoms with Crippen LogP contribution in [0, 0.1) is 5.92 Å². The van der Waals surface area contributed by atoms with Crippen molar-refractivity contribution in [3.05, 3.63) is 54.8 Å². The standard InChI is InChI=1S/C26H33Cl2FN4O8.ClH/c1-6-13-10-33(26(37)32-23(13)35)24-19(29)21(41-25(36)20(30)11(2)3)18(40-24)9-31-22(34)12(4)39-17-8-16(38-5)14(27)7-15(17)28;/h7-8,10-12,18-21,24H,6,9,30H2,1-5H3,(H,31,34)(H,32,35,37);1H/t12-,18+,19-,20-,21+,24+;/m0./s1. The molecule has 0 bridgehead atoms. The molecule has 0 aliphatic carbocycles. The van der Waals surface area contributed by atoms with E-state index >= 15 is 4.39 Å². The molecule has 0 spiro atoms. The van der Waals surface area contributed by atoms with Gasteiger partial charge < -0.3 is 30.0 Å². The molecule has 6 atom stereocenters. The summed E-state index contributed by atoms with van der Waals surface area (Å²) in [6.07, 6.45) is -5.98. The van der Waals surface area contributed by atoms with E-state index < -0.39 is 59.9 Å². The van der Waals surface area contributed by atoms with E-state index in [0.29, 0.717) is 0 Å². The van der Waals surface area contributed by atoms with Crippen LogP contribution < -0.4 is 31.8 Å². The van der Waals surface area contributed by atoms with E-state index in [4.69, 9.17) is 47.9 Å². The number of carbonyl (C=O) groups is 2. The van der Waals surface area contributed by atoms with Crippen LogP contribution in [0.5, 0.6) is 11.5 Å². The van der Waals surface area contributed by atoms with Gasteiger partial charge in [-0.05, 0) is 25.3 Å². The van der Waals surface area contributed by atoms with E-state index in [9.17, 15) is 19.2 Å². The molecule has 12 nitrogen and oxygen atoms in total. The SMILES string of the molecule is CCc1cn([C@@H]2O[C@H](CNC(=O)[C@H](C)Oc3cc(OC)c(Cl)cc3Cl)[C@@H](OC(=O)[C@@H](N)C(C)C)[C@@H]2F)c(=O)[nH]c1=O.Cl. The third-order valence-corrected chi connectivity index (χ3v) is 7.15. The average molecular weight is 656 g/mol. The molecule has 42 heavy (non-hydrogen) atoms. The van der Waals surface area contributed by atoms with Crippen molar-refractivity contribution in [2.75, 3.05) is 13.7 Å². The van der Waals surface area contributed by atoms with Crippen LogP contribution >= 0.6 is 35.6 Å². The second kappa shape index (κ2) is 15.1. The zero-order valence-electron chi connectivity index (χ0n) is 23.5. The Kier molecular flexibility index (Phi) is 12.7. The molecule has 1 aliphatic rings. The largest absolute Gasteiger partial charge is 0.495 e. The molecule has 16 heteroatoms. The first-order valence-corrected chi connectivity index (χ1v) is 13.6. The molecular formula is C26H34Cl3FN4O8. The zero-order chi connectivity index (χ0) is 30.6. The Morgan fingerprint density at radius 1 is 1.19 bits per heavy atom. The highest BCUT2D eigenvalue weighted by molar-refractivity contribution is 6.36. The summed E-state index contributed by atoms with van der Waals surface area (Å²) < 4.78 is 38.6. The third kappa shape index (κ3) is 7.95. The van der Waals surface area contributed by atoms with Gasteiger partial charge in [0.2, 0.25) is 0 Å². The second-order valence-corrected chi connectivity index (χ2v) is 10.6. The lowest BCUT2D eigenvalue weighted by molar-refractivity contribution is -0.156. The first-order valence-electron chi connectivity index (χ1n) is 12.9. The minimum absolute atomic E-state index is 0. The number of halogens is 4. The first kappa shape index (κ1) is 35.4. The molecule has 2 heterocycles. The van der Waals surface area contributed by atoms with Crippen LogP contribution in [0.1, 0.15) is 39.5 Å². The van der Waals surface area contributed by atoms with Gasteiger partial charge in [-0.1, -0.05) is 44.0 Å². The van der Waals surface area contributed by atoms with Gasteiger partial charge in [0.05, 0.1) is 17.2 Å². The lowest BCUT2D eigenvalue weighted by Gasteiger charge is -2.23. The Balaban J connectivity index is 0.00000616. The summed E-state index contributed by atoms with van der Waals surface area (Å²) in [6.45, 7) is 6.21. The zero-order valence-corrected chi connectivity index (χ0v) is 25.8. The third-order valence-electron chi connectivity index (χ3n) is 6.56.